The first-order valence-corrected chi connectivity index (χ1v) is 6.28. The summed E-state index contributed by atoms with van der Waals surface area (Å²) in [5, 5.41) is 10.1. The van der Waals surface area contributed by atoms with Crippen LogP contribution in [0.4, 0.5) is 8.78 Å². The number of benzene rings is 2. The van der Waals surface area contributed by atoms with Gasteiger partial charge in [-0.05, 0) is 42.3 Å². The number of halogens is 2. The van der Waals surface area contributed by atoms with E-state index in [2.05, 4.69) is 0 Å². The molecule has 0 fully saturated rings. The van der Waals surface area contributed by atoms with Crippen molar-refractivity contribution in [3.63, 3.8) is 0 Å². The predicted octanol–water partition coefficient (Wildman–Crippen LogP) is 3.56. The van der Waals surface area contributed by atoms with Gasteiger partial charge in [0, 0.05) is 12.0 Å². The van der Waals surface area contributed by atoms with E-state index in [0.717, 1.165) is 5.56 Å². The standard InChI is InChI=1S/C16H16F2O2/c1-10-8-11(6-7-16(10)20-2)15(19)9-12-13(17)4-3-5-14(12)18/h3-8,15,19H,9H2,1-2H3. The third-order valence-corrected chi connectivity index (χ3v) is 3.26. The zero-order valence-electron chi connectivity index (χ0n) is 11.4. The molecule has 4 heteroatoms. The van der Waals surface area contributed by atoms with Gasteiger partial charge in [0.05, 0.1) is 13.2 Å². The van der Waals surface area contributed by atoms with Gasteiger partial charge in [0.25, 0.3) is 0 Å². The van der Waals surface area contributed by atoms with Crippen LogP contribution in [0.15, 0.2) is 36.4 Å². The first-order chi connectivity index (χ1) is 9.52. The summed E-state index contributed by atoms with van der Waals surface area (Å²) >= 11 is 0. The highest BCUT2D eigenvalue weighted by atomic mass is 19.1. The van der Waals surface area contributed by atoms with Crippen molar-refractivity contribution in [1.82, 2.24) is 0 Å². The van der Waals surface area contributed by atoms with Crippen LogP contribution in [0.1, 0.15) is 22.8 Å². The van der Waals surface area contributed by atoms with E-state index < -0.39 is 17.7 Å². The molecule has 1 unspecified atom stereocenters. The minimum Gasteiger partial charge on any atom is -0.496 e. The largest absolute Gasteiger partial charge is 0.496 e. The second-order valence-electron chi connectivity index (χ2n) is 4.65. The van der Waals surface area contributed by atoms with Crippen LogP contribution in [0.3, 0.4) is 0 Å². The Morgan fingerprint density at radius 3 is 2.35 bits per heavy atom. The lowest BCUT2D eigenvalue weighted by atomic mass is 9.99. The van der Waals surface area contributed by atoms with Crippen molar-refractivity contribution in [3.05, 3.63) is 64.7 Å². The highest BCUT2D eigenvalue weighted by Crippen LogP contribution is 2.26. The summed E-state index contributed by atoms with van der Waals surface area (Å²) in [6.07, 6.45) is -1.07. The highest BCUT2D eigenvalue weighted by Gasteiger charge is 2.16. The van der Waals surface area contributed by atoms with Gasteiger partial charge in [-0.25, -0.2) is 8.78 Å². The second kappa shape index (κ2) is 6.01. The molecule has 2 rings (SSSR count). The number of aliphatic hydroxyl groups excluding tert-OH is 1. The van der Waals surface area contributed by atoms with Crippen molar-refractivity contribution in [2.75, 3.05) is 7.11 Å². The van der Waals surface area contributed by atoms with E-state index >= 15 is 0 Å². The molecule has 2 nitrogen and oxygen atoms in total. The van der Waals surface area contributed by atoms with Crippen molar-refractivity contribution < 1.29 is 18.6 Å². The Labute approximate surface area is 116 Å². The first kappa shape index (κ1) is 14.5. The molecule has 106 valence electrons. The molecule has 0 aliphatic heterocycles. The number of methoxy groups -OCH3 is 1. The molecule has 1 N–H and O–H groups in total. The van der Waals surface area contributed by atoms with E-state index in [1.165, 1.54) is 18.2 Å². The minimum absolute atomic E-state index is 0.103. The smallest absolute Gasteiger partial charge is 0.129 e. The maximum absolute atomic E-state index is 13.6. The van der Waals surface area contributed by atoms with Crippen LogP contribution in [0.5, 0.6) is 5.75 Å². The number of aliphatic hydroxyl groups is 1. The molecular formula is C16H16F2O2. The van der Waals surface area contributed by atoms with Gasteiger partial charge in [-0.15, -0.1) is 0 Å². The van der Waals surface area contributed by atoms with E-state index in [1.807, 2.05) is 6.92 Å². The van der Waals surface area contributed by atoms with Crippen molar-refractivity contribution in [3.8, 4) is 5.75 Å². The SMILES string of the molecule is COc1ccc(C(O)Cc2c(F)cccc2F)cc1C. The number of rotatable bonds is 4. The van der Waals surface area contributed by atoms with Crippen LogP contribution < -0.4 is 4.74 Å². The molecule has 0 amide bonds. The van der Waals surface area contributed by atoms with Gasteiger partial charge in [-0.2, -0.15) is 0 Å². The van der Waals surface area contributed by atoms with Crippen LogP contribution >= 0.6 is 0 Å². The third-order valence-electron chi connectivity index (χ3n) is 3.26. The number of ether oxygens (including phenoxy) is 1. The first-order valence-electron chi connectivity index (χ1n) is 6.28. The average molecular weight is 278 g/mol. The van der Waals surface area contributed by atoms with E-state index in [9.17, 15) is 13.9 Å². The predicted molar refractivity (Wildman–Crippen MR) is 72.8 cm³/mol. The Balaban J connectivity index is 2.24. The van der Waals surface area contributed by atoms with Gasteiger partial charge in [-0.1, -0.05) is 12.1 Å². The Hall–Kier alpha value is -1.94. The second-order valence-corrected chi connectivity index (χ2v) is 4.65. The van der Waals surface area contributed by atoms with Crippen molar-refractivity contribution >= 4 is 0 Å². The monoisotopic (exact) mass is 278 g/mol. The normalized spacial score (nSPS) is 12.2. The third kappa shape index (κ3) is 2.96. The van der Waals surface area contributed by atoms with Crippen LogP contribution in [-0.4, -0.2) is 12.2 Å². The molecule has 0 aliphatic rings. The van der Waals surface area contributed by atoms with E-state index in [1.54, 1.807) is 25.3 Å². The fourth-order valence-electron chi connectivity index (χ4n) is 2.15. The summed E-state index contributed by atoms with van der Waals surface area (Å²) < 4.78 is 32.2. The molecule has 2 aromatic carbocycles. The Kier molecular flexibility index (Phi) is 4.35. The number of aryl methyl sites for hydroxylation is 1. The lowest BCUT2D eigenvalue weighted by Gasteiger charge is -2.14. The van der Waals surface area contributed by atoms with Gasteiger partial charge in [-0.3, -0.25) is 0 Å². The maximum atomic E-state index is 13.6. The van der Waals surface area contributed by atoms with E-state index in [-0.39, 0.29) is 12.0 Å². The van der Waals surface area contributed by atoms with Crippen LogP contribution in [-0.2, 0) is 6.42 Å². The molecule has 1 atom stereocenters. The zero-order chi connectivity index (χ0) is 14.7. The summed E-state index contributed by atoms with van der Waals surface area (Å²) in [4.78, 5) is 0. The molecule has 2 aromatic rings. The molecule has 0 radical (unpaired) electrons. The summed E-state index contributed by atoms with van der Waals surface area (Å²) in [6.45, 7) is 1.85. The van der Waals surface area contributed by atoms with Crippen molar-refractivity contribution in [2.24, 2.45) is 0 Å². The lowest BCUT2D eigenvalue weighted by Crippen LogP contribution is -2.06. The Morgan fingerprint density at radius 1 is 1.15 bits per heavy atom. The van der Waals surface area contributed by atoms with Gasteiger partial charge < -0.3 is 9.84 Å². The van der Waals surface area contributed by atoms with E-state index in [0.29, 0.717) is 11.3 Å². The van der Waals surface area contributed by atoms with Crippen LogP contribution in [0.25, 0.3) is 0 Å². The summed E-state index contributed by atoms with van der Waals surface area (Å²) in [6, 6.07) is 8.84. The molecule has 20 heavy (non-hydrogen) atoms. The Morgan fingerprint density at radius 2 is 1.80 bits per heavy atom. The highest BCUT2D eigenvalue weighted by molar-refractivity contribution is 5.37. The van der Waals surface area contributed by atoms with Crippen molar-refractivity contribution in [1.29, 1.82) is 0 Å². The average Bonchev–Trinajstić information content (AvgIpc) is 2.42. The quantitative estimate of drug-likeness (QED) is 0.926. The van der Waals surface area contributed by atoms with Gasteiger partial charge in [0.2, 0.25) is 0 Å². The number of hydrogen-bond donors (Lipinski definition) is 1. The molecular weight excluding hydrogens is 262 g/mol. The van der Waals surface area contributed by atoms with Crippen molar-refractivity contribution in [2.45, 2.75) is 19.4 Å². The molecule has 0 aromatic heterocycles. The fraction of sp³-hybridized carbons (Fsp3) is 0.250. The summed E-state index contributed by atoms with van der Waals surface area (Å²) in [5.74, 6) is -0.582. The van der Waals surface area contributed by atoms with Crippen LogP contribution in [0.2, 0.25) is 0 Å². The topological polar surface area (TPSA) is 29.5 Å². The summed E-state index contributed by atoms with van der Waals surface area (Å²) in [5.41, 5.74) is 1.36. The fourth-order valence-corrected chi connectivity index (χ4v) is 2.15. The van der Waals surface area contributed by atoms with Gasteiger partial charge in [0.1, 0.15) is 17.4 Å². The number of hydrogen-bond acceptors (Lipinski definition) is 2. The van der Waals surface area contributed by atoms with Gasteiger partial charge in [0.15, 0.2) is 0 Å². The molecule has 0 aliphatic carbocycles. The maximum Gasteiger partial charge on any atom is 0.129 e. The molecule has 0 saturated heterocycles. The Bertz CT molecular complexity index is 591. The molecule has 0 spiro atoms. The molecule has 0 saturated carbocycles. The molecule has 0 heterocycles. The summed E-state index contributed by atoms with van der Waals surface area (Å²) in [7, 11) is 1.56. The zero-order valence-corrected chi connectivity index (χ0v) is 11.4. The molecule has 0 bridgehead atoms. The van der Waals surface area contributed by atoms with Crippen LogP contribution in [0, 0.1) is 18.6 Å². The lowest BCUT2D eigenvalue weighted by molar-refractivity contribution is 0.175. The minimum atomic E-state index is -0.967. The van der Waals surface area contributed by atoms with E-state index in [4.69, 9.17) is 4.74 Å². The van der Waals surface area contributed by atoms with Gasteiger partial charge >= 0.3 is 0 Å².